The average Bonchev–Trinajstić information content (AvgIpc) is 3.19. The first kappa shape index (κ1) is 17.7. The van der Waals surface area contributed by atoms with Gasteiger partial charge in [0.25, 0.3) is 5.91 Å². The molecule has 0 saturated carbocycles. The molecule has 1 saturated heterocycles. The lowest BCUT2D eigenvalue weighted by atomic mass is 10.2. The van der Waals surface area contributed by atoms with E-state index >= 15 is 0 Å². The number of amides is 1. The van der Waals surface area contributed by atoms with E-state index in [0.717, 1.165) is 21.3 Å². The second-order valence-corrected chi connectivity index (χ2v) is 8.11. The van der Waals surface area contributed by atoms with Crippen LogP contribution >= 0.6 is 34.7 Å². The number of aromatic nitrogens is 1. The number of anilines is 1. The molecule has 0 bridgehead atoms. The van der Waals surface area contributed by atoms with Crippen molar-refractivity contribution >= 4 is 46.3 Å². The maximum atomic E-state index is 12.2. The van der Waals surface area contributed by atoms with Gasteiger partial charge in [0, 0.05) is 28.2 Å². The molecule has 0 unspecified atom stereocenters. The topological polar surface area (TPSA) is 77.2 Å². The van der Waals surface area contributed by atoms with Gasteiger partial charge in [-0.2, -0.15) is 0 Å². The molecule has 2 heterocycles. The maximum absolute atomic E-state index is 12.2. The summed E-state index contributed by atoms with van der Waals surface area (Å²) in [6.07, 6.45) is 1.05. The average molecular weight is 384 g/mol. The summed E-state index contributed by atoms with van der Waals surface area (Å²) in [6, 6.07) is 5.47. The van der Waals surface area contributed by atoms with Gasteiger partial charge >= 0.3 is 0 Å². The lowest BCUT2D eigenvalue weighted by Gasteiger charge is -2.13. The Morgan fingerprint density at radius 1 is 1.54 bits per heavy atom. The van der Waals surface area contributed by atoms with E-state index in [-0.39, 0.29) is 12.0 Å². The molecule has 0 aliphatic carbocycles. The van der Waals surface area contributed by atoms with Gasteiger partial charge in [0.1, 0.15) is 6.10 Å². The lowest BCUT2D eigenvalue weighted by Crippen LogP contribution is -2.29. The Morgan fingerprint density at radius 3 is 3.00 bits per heavy atom. The number of aryl methyl sites for hydroxylation is 1. The quantitative estimate of drug-likeness (QED) is 0.823. The van der Waals surface area contributed by atoms with Crippen LogP contribution in [0, 0.1) is 6.92 Å². The van der Waals surface area contributed by atoms with Crippen LogP contribution in [0.15, 0.2) is 32.8 Å². The molecule has 1 amide bonds. The normalized spacial score (nSPS) is 20.3. The van der Waals surface area contributed by atoms with Crippen LogP contribution in [0.4, 0.5) is 5.69 Å². The first-order valence-electron chi connectivity index (χ1n) is 7.61. The zero-order chi connectivity index (χ0) is 17.1. The number of nitrogens with two attached hydrogens (primary N) is 1. The molecule has 0 radical (unpaired) electrons. The SMILES string of the molecule is Cc1csc(Sc2ccc(NC(=O)[C@@H]3CC[C@H](CN)O3)cc2Cl)n1. The summed E-state index contributed by atoms with van der Waals surface area (Å²) in [5.41, 5.74) is 7.22. The third-order valence-corrected chi connectivity index (χ3v) is 6.21. The first-order valence-corrected chi connectivity index (χ1v) is 9.68. The van der Waals surface area contributed by atoms with Crippen LogP contribution in [0.25, 0.3) is 0 Å². The molecule has 2 atom stereocenters. The third-order valence-electron chi connectivity index (χ3n) is 3.66. The van der Waals surface area contributed by atoms with E-state index in [4.69, 9.17) is 22.1 Å². The van der Waals surface area contributed by atoms with Gasteiger partial charge in [-0.25, -0.2) is 4.98 Å². The van der Waals surface area contributed by atoms with E-state index in [1.165, 1.54) is 11.8 Å². The fourth-order valence-corrected chi connectivity index (χ4v) is 4.52. The Labute approximate surface area is 153 Å². The second-order valence-electron chi connectivity index (χ2n) is 5.55. The van der Waals surface area contributed by atoms with Crippen molar-refractivity contribution in [3.05, 3.63) is 34.3 Å². The van der Waals surface area contributed by atoms with Crippen LogP contribution < -0.4 is 11.1 Å². The van der Waals surface area contributed by atoms with E-state index in [9.17, 15) is 4.79 Å². The summed E-state index contributed by atoms with van der Waals surface area (Å²) in [4.78, 5) is 17.6. The van der Waals surface area contributed by atoms with E-state index in [1.54, 1.807) is 17.4 Å². The van der Waals surface area contributed by atoms with Gasteiger partial charge in [-0.15, -0.1) is 11.3 Å². The Kier molecular flexibility index (Phi) is 5.78. The number of nitrogens with one attached hydrogen (secondary N) is 1. The molecule has 1 aliphatic rings. The molecular weight excluding hydrogens is 366 g/mol. The van der Waals surface area contributed by atoms with E-state index < -0.39 is 6.10 Å². The number of hydrogen-bond donors (Lipinski definition) is 2. The Hall–Kier alpha value is -1.12. The molecule has 24 heavy (non-hydrogen) atoms. The minimum atomic E-state index is -0.440. The molecule has 8 heteroatoms. The van der Waals surface area contributed by atoms with Crippen molar-refractivity contribution < 1.29 is 9.53 Å². The van der Waals surface area contributed by atoms with E-state index in [1.807, 2.05) is 24.4 Å². The Morgan fingerprint density at radius 2 is 2.38 bits per heavy atom. The molecule has 2 aromatic rings. The molecule has 5 nitrogen and oxygen atoms in total. The van der Waals surface area contributed by atoms with Gasteiger partial charge < -0.3 is 15.8 Å². The first-order chi connectivity index (χ1) is 11.5. The smallest absolute Gasteiger partial charge is 0.253 e. The summed E-state index contributed by atoms with van der Waals surface area (Å²) >= 11 is 9.43. The van der Waals surface area contributed by atoms with Crippen molar-refractivity contribution in [2.45, 2.75) is 41.2 Å². The van der Waals surface area contributed by atoms with Crippen molar-refractivity contribution in [1.82, 2.24) is 4.98 Å². The molecule has 3 N–H and O–H groups in total. The van der Waals surface area contributed by atoms with Crippen LogP contribution in [0.3, 0.4) is 0 Å². The highest BCUT2D eigenvalue weighted by Gasteiger charge is 2.29. The van der Waals surface area contributed by atoms with Gasteiger partial charge in [-0.1, -0.05) is 23.4 Å². The zero-order valence-electron chi connectivity index (χ0n) is 13.1. The van der Waals surface area contributed by atoms with E-state index in [2.05, 4.69) is 10.3 Å². The van der Waals surface area contributed by atoms with Crippen molar-refractivity contribution in [3.8, 4) is 0 Å². The number of benzene rings is 1. The molecule has 1 aromatic carbocycles. The summed E-state index contributed by atoms with van der Waals surface area (Å²) in [7, 11) is 0. The van der Waals surface area contributed by atoms with Crippen LogP contribution in [-0.2, 0) is 9.53 Å². The largest absolute Gasteiger partial charge is 0.364 e. The monoisotopic (exact) mass is 383 g/mol. The molecule has 3 rings (SSSR count). The minimum absolute atomic E-state index is 0.0233. The fraction of sp³-hybridized carbons (Fsp3) is 0.375. The predicted octanol–water partition coefficient (Wildman–Crippen LogP) is 3.70. The van der Waals surface area contributed by atoms with Crippen molar-refractivity contribution in [2.24, 2.45) is 5.73 Å². The highest BCUT2D eigenvalue weighted by Crippen LogP contribution is 2.36. The number of ether oxygens (including phenoxy) is 1. The van der Waals surface area contributed by atoms with Crippen LogP contribution in [0.2, 0.25) is 5.02 Å². The number of carbonyl (C=O) groups excluding carboxylic acids is 1. The minimum Gasteiger partial charge on any atom is -0.364 e. The van der Waals surface area contributed by atoms with Crippen LogP contribution in [0.5, 0.6) is 0 Å². The van der Waals surface area contributed by atoms with Crippen LogP contribution in [-0.4, -0.2) is 29.6 Å². The summed E-state index contributed by atoms with van der Waals surface area (Å²) < 4.78 is 6.54. The summed E-state index contributed by atoms with van der Waals surface area (Å²) in [6.45, 7) is 2.40. The highest BCUT2D eigenvalue weighted by molar-refractivity contribution is 8.01. The fourth-order valence-electron chi connectivity index (χ4n) is 2.43. The zero-order valence-corrected chi connectivity index (χ0v) is 15.5. The van der Waals surface area contributed by atoms with E-state index in [0.29, 0.717) is 23.7 Å². The Bertz CT molecular complexity index is 738. The standard InChI is InChI=1S/C16H18ClN3O2S2/c1-9-8-23-16(19-9)24-14-5-2-10(6-12(14)17)20-15(21)13-4-3-11(7-18)22-13/h2,5-6,8,11,13H,3-4,7,18H2,1H3,(H,20,21)/t11-,13+/m1/s1. The number of halogens is 1. The second kappa shape index (κ2) is 7.84. The van der Waals surface area contributed by atoms with Gasteiger partial charge in [0.05, 0.1) is 11.1 Å². The molecule has 1 fully saturated rings. The van der Waals surface area contributed by atoms with Gasteiger partial charge in [-0.3, -0.25) is 4.79 Å². The van der Waals surface area contributed by atoms with Gasteiger partial charge in [-0.05, 0) is 38.0 Å². The molecule has 128 valence electrons. The summed E-state index contributed by atoms with van der Waals surface area (Å²) in [5, 5.41) is 5.44. The molecular formula is C16H18ClN3O2S2. The van der Waals surface area contributed by atoms with Crippen LogP contribution in [0.1, 0.15) is 18.5 Å². The van der Waals surface area contributed by atoms with Gasteiger partial charge in [0.2, 0.25) is 0 Å². The molecule has 1 aromatic heterocycles. The number of thiazole rings is 1. The maximum Gasteiger partial charge on any atom is 0.253 e. The molecule has 0 spiro atoms. The highest BCUT2D eigenvalue weighted by atomic mass is 35.5. The third kappa shape index (κ3) is 4.29. The molecule has 1 aliphatic heterocycles. The lowest BCUT2D eigenvalue weighted by molar-refractivity contribution is -0.126. The van der Waals surface area contributed by atoms with Gasteiger partial charge in [0.15, 0.2) is 4.34 Å². The predicted molar refractivity (Wildman–Crippen MR) is 98.0 cm³/mol. The number of rotatable bonds is 5. The van der Waals surface area contributed by atoms with Crippen molar-refractivity contribution in [1.29, 1.82) is 0 Å². The summed E-state index contributed by atoms with van der Waals surface area (Å²) in [5.74, 6) is -0.155. The number of carbonyl (C=O) groups is 1. The van der Waals surface area contributed by atoms with Crippen molar-refractivity contribution in [2.75, 3.05) is 11.9 Å². The number of hydrogen-bond acceptors (Lipinski definition) is 6. The Balaban J connectivity index is 1.63. The van der Waals surface area contributed by atoms with Crippen molar-refractivity contribution in [3.63, 3.8) is 0 Å². The number of nitrogens with zero attached hydrogens (tertiary/aromatic N) is 1.